The monoisotopic (exact) mass is 454 g/mol. The summed E-state index contributed by atoms with van der Waals surface area (Å²) in [4.78, 5) is 17.3. The summed E-state index contributed by atoms with van der Waals surface area (Å²) in [6.45, 7) is 1.45. The summed E-state index contributed by atoms with van der Waals surface area (Å²) in [7, 11) is 0. The van der Waals surface area contributed by atoms with E-state index in [2.05, 4.69) is 9.89 Å². The molecular weight excluding hydrogens is 425 g/mol. The van der Waals surface area contributed by atoms with E-state index in [1.54, 1.807) is 12.2 Å². The molecule has 2 aliphatic heterocycles. The third kappa shape index (κ3) is 5.54. The molecule has 2 aliphatic carbocycles. The molecule has 6 nitrogen and oxygen atoms in total. The van der Waals surface area contributed by atoms with E-state index < -0.39 is 29.9 Å². The second kappa shape index (κ2) is 9.68. The van der Waals surface area contributed by atoms with E-state index in [1.807, 2.05) is 6.08 Å². The second-order valence-electron chi connectivity index (χ2n) is 8.76. The summed E-state index contributed by atoms with van der Waals surface area (Å²) in [5, 5.41) is 8.88. The Bertz CT molecular complexity index is 834. The second-order valence-corrected chi connectivity index (χ2v) is 8.76. The van der Waals surface area contributed by atoms with Gasteiger partial charge in [-0.15, -0.1) is 0 Å². The molecule has 4 rings (SSSR count). The van der Waals surface area contributed by atoms with Gasteiger partial charge in [-0.25, -0.2) is 0 Å². The van der Waals surface area contributed by atoms with Crippen molar-refractivity contribution in [2.45, 2.75) is 76.0 Å². The summed E-state index contributed by atoms with van der Waals surface area (Å²) in [5.74, 6) is 0.448. The zero-order valence-electron chi connectivity index (χ0n) is 17.9. The lowest BCUT2D eigenvalue weighted by Gasteiger charge is -2.36. The number of carbonyl (C=O) groups is 1. The number of alkyl halides is 3. The lowest BCUT2D eigenvalue weighted by Crippen LogP contribution is -2.43. The Kier molecular flexibility index (Phi) is 6.93. The minimum Gasteiger partial charge on any atom is -0.481 e. The third-order valence-corrected chi connectivity index (χ3v) is 6.43. The van der Waals surface area contributed by atoms with Crippen molar-refractivity contribution in [3.63, 3.8) is 0 Å². The maximum Gasteiger partial charge on any atom is 0.415 e. The van der Waals surface area contributed by atoms with E-state index in [-0.39, 0.29) is 30.7 Å². The molecule has 0 spiro atoms. The molecule has 0 aromatic rings. The fraction of sp³-hybridized carbons (Fsp3) is 0.652. The largest absolute Gasteiger partial charge is 0.481 e. The van der Waals surface area contributed by atoms with Crippen molar-refractivity contribution in [1.82, 2.24) is 4.90 Å². The van der Waals surface area contributed by atoms with Gasteiger partial charge >= 0.3 is 12.1 Å². The summed E-state index contributed by atoms with van der Waals surface area (Å²) in [6, 6.07) is 0. The maximum atomic E-state index is 13.9. The number of ether oxygens (including phenoxy) is 2. The molecule has 1 N–H and O–H groups in total. The number of carboxylic acids is 1. The Morgan fingerprint density at radius 2 is 2.16 bits per heavy atom. The molecule has 1 saturated heterocycles. The Hall–Kier alpha value is -2.29. The highest BCUT2D eigenvalue weighted by Gasteiger charge is 2.42. The highest BCUT2D eigenvalue weighted by Crippen LogP contribution is 2.38. The zero-order valence-corrected chi connectivity index (χ0v) is 17.9. The highest BCUT2D eigenvalue weighted by atomic mass is 19.4. The molecule has 0 amide bonds. The summed E-state index contributed by atoms with van der Waals surface area (Å²) in [6.07, 6.45) is 4.47. The van der Waals surface area contributed by atoms with Crippen LogP contribution in [0.3, 0.4) is 0 Å². The maximum absolute atomic E-state index is 13.9. The van der Waals surface area contributed by atoms with Crippen LogP contribution >= 0.6 is 0 Å². The molecule has 4 unspecified atom stereocenters. The van der Waals surface area contributed by atoms with Crippen LogP contribution < -0.4 is 0 Å². The normalized spacial score (nSPS) is 30.3. The molecule has 1 fully saturated rings. The van der Waals surface area contributed by atoms with Crippen LogP contribution in [-0.4, -0.2) is 59.5 Å². The van der Waals surface area contributed by atoms with E-state index in [0.29, 0.717) is 19.4 Å². The highest BCUT2D eigenvalue weighted by molar-refractivity contribution is 5.84. The van der Waals surface area contributed by atoms with Crippen LogP contribution in [0.1, 0.15) is 51.4 Å². The third-order valence-electron chi connectivity index (χ3n) is 6.43. The van der Waals surface area contributed by atoms with Crippen molar-refractivity contribution in [1.29, 1.82) is 0 Å². The van der Waals surface area contributed by atoms with E-state index in [4.69, 9.17) is 14.6 Å². The number of rotatable bonds is 7. The minimum atomic E-state index is -4.53. The minimum absolute atomic E-state index is 0.0520. The number of aliphatic carboxylic acids is 1. The number of nitrogens with zero attached hydrogens (tertiary/aromatic N) is 2. The predicted octanol–water partition coefficient (Wildman–Crippen LogP) is 4.59. The number of hydrogen-bond acceptors (Lipinski definition) is 5. The average molecular weight is 454 g/mol. The average Bonchev–Trinajstić information content (AvgIpc) is 3.23. The smallest absolute Gasteiger partial charge is 0.415 e. The Morgan fingerprint density at radius 1 is 1.31 bits per heavy atom. The Morgan fingerprint density at radius 3 is 2.94 bits per heavy atom. The van der Waals surface area contributed by atoms with Crippen molar-refractivity contribution in [2.24, 2.45) is 10.9 Å². The number of piperidine rings is 1. The number of halogens is 3. The van der Waals surface area contributed by atoms with Gasteiger partial charge in [-0.1, -0.05) is 12.2 Å². The van der Waals surface area contributed by atoms with Crippen molar-refractivity contribution >= 4 is 11.8 Å². The van der Waals surface area contributed by atoms with Crippen molar-refractivity contribution in [3.05, 3.63) is 35.6 Å². The molecule has 0 saturated carbocycles. The lowest BCUT2D eigenvalue weighted by molar-refractivity contribution is -0.137. The molecule has 0 radical (unpaired) electrons. The van der Waals surface area contributed by atoms with Gasteiger partial charge < -0.3 is 19.5 Å². The molecular formula is C23H29F3N2O4. The molecule has 9 heteroatoms. The first-order valence-corrected chi connectivity index (χ1v) is 11.3. The number of allylic oxidation sites excluding steroid dienone is 2. The fourth-order valence-corrected chi connectivity index (χ4v) is 4.84. The fourth-order valence-electron chi connectivity index (χ4n) is 4.84. The predicted molar refractivity (Wildman–Crippen MR) is 112 cm³/mol. The van der Waals surface area contributed by atoms with Gasteiger partial charge in [0.25, 0.3) is 0 Å². The number of fused-ring (bicyclic) bond motifs is 1. The Balaban J connectivity index is 1.40. The lowest BCUT2D eigenvalue weighted by atomic mass is 9.88. The van der Waals surface area contributed by atoms with Crippen LogP contribution in [0.5, 0.6) is 0 Å². The quantitative estimate of drug-likeness (QED) is 0.570. The van der Waals surface area contributed by atoms with Crippen LogP contribution in [0.15, 0.2) is 40.6 Å². The van der Waals surface area contributed by atoms with Crippen molar-refractivity contribution in [2.75, 3.05) is 13.1 Å². The van der Waals surface area contributed by atoms with Crippen molar-refractivity contribution < 1.29 is 32.5 Å². The molecule has 0 bridgehead atoms. The zero-order chi connectivity index (χ0) is 22.7. The summed E-state index contributed by atoms with van der Waals surface area (Å²) in [5.41, 5.74) is -0.734. The number of hydrogen-bond donors (Lipinski definition) is 1. The molecule has 2 heterocycles. The first kappa shape index (κ1) is 22.9. The first-order chi connectivity index (χ1) is 15.3. The van der Waals surface area contributed by atoms with Crippen LogP contribution in [0.4, 0.5) is 13.2 Å². The van der Waals surface area contributed by atoms with Gasteiger partial charge in [0.05, 0.1) is 24.3 Å². The standard InChI is InChI=1S/C23H29F3N2O4/c24-23(25,26)18-14-17(32-21-6-2-5-20-27-11-12-28(20)21)8-9-19(18)31-16-4-1-3-15(13-16)7-10-22(29)30/h1,4,8,14-16,19,21H,2-3,5-7,9-13H2,(H,29,30). The van der Waals surface area contributed by atoms with E-state index in [9.17, 15) is 18.0 Å². The van der Waals surface area contributed by atoms with Gasteiger partial charge in [0.2, 0.25) is 0 Å². The first-order valence-electron chi connectivity index (χ1n) is 11.3. The van der Waals surface area contributed by atoms with Gasteiger partial charge in [0.1, 0.15) is 11.6 Å². The Labute approximate surface area is 185 Å². The van der Waals surface area contributed by atoms with Crippen LogP contribution in [0.2, 0.25) is 0 Å². The molecule has 32 heavy (non-hydrogen) atoms. The molecule has 4 aliphatic rings. The van der Waals surface area contributed by atoms with Gasteiger partial charge in [0.15, 0.2) is 6.23 Å². The van der Waals surface area contributed by atoms with Gasteiger partial charge in [-0.3, -0.25) is 9.79 Å². The number of carboxylic acid groups (broad SMARTS) is 1. The molecule has 176 valence electrons. The molecule has 4 atom stereocenters. The van der Waals surface area contributed by atoms with E-state index in [1.165, 1.54) is 0 Å². The molecule has 0 aromatic carbocycles. The van der Waals surface area contributed by atoms with Crippen LogP contribution in [0.25, 0.3) is 0 Å². The summed E-state index contributed by atoms with van der Waals surface area (Å²) >= 11 is 0. The van der Waals surface area contributed by atoms with Gasteiger partial charge in [-0.05, 0) is 50.2 Å². The van der Waals surface area contributed by atoms with Crippen LogP contribution in [0, 0.1) is 5.92 Å². The van der Waals surface area contributed by atoms with Gasteiger partial charge in [0, 0.05) is 25.8 Å². The summed E-state index contributed by atoms with van der Waals surface area (Å²) < 4.78 is 53.4. The SMILES string of the molecule is O=C(O)CCC1CC=CC(OC2CC=C(OC3CCCC4=NCCN43)C=C2C(F)(F)F)C1. The van der Waals surface area contributed by atoms with Crippen molar-refractivity contribution in [3.8, 4) is 0 Å². The molecule has 0 aromatic heterocycles. The van der Waals surface area contributed by atoms with Gasteiger partial charge in [-0.2, -0.15) is 13.2 Å². The topological polar surface area (TPSA) is 71.4 Å². The number of amidine groups is 1. The number of aliphatic imine (C=N–C) groups is 1. The van der Waals surface area contributed by atoms with E-state index >= 15 is 0 Å². The van der Waals surface area contributed by atoms with Crippen LogP contribution in [-0.2, 0) is 14.3 Å². The van der Waals surface area contributed by atoms with E-state index in [0.717, 1.165) is 44.1 Å².